The van der Waals surface area contributed by atoms with Gasteiger partial charge < -0.3 is 10.5 Å². The van der Waals surface area contributed by atoms with Crippen LogP contribution in [-0.4, -0.2) is 38.5 Å². The Labute approximate surface area is 127 Å². The molecule has 21 heavy (non-hydrogen) atoms. The number of nitrogens with zero attached hydrogens (tertiary/aromatic N) is 1. The van der Waals surface area contributed by atoms with E-state index < -0.39 is 10.0 Å². The molecular formula is C15H24N2O3S. The van der Waals surface area contributed by atoms with Gasteiger partial charge in [-0.25, -0.2) is 8.42 Å². The lowest BCUT2D eigenvalue weighted by atomic mass is 10.1. The summed E-state index contributed by atoms with van der Waals surface area (Å²) >= 11 is 0. The van der Waals surface area contributed by atoms with E-state index >= 15 is 0 Å². The number of sulfonamides is 1. The third kappa shape index (κ3) is 3.39. The topological polar surface area (TPSA) is 72.6 Å². The smallest absolute Gasteiger partial charge is 0.243 e. The number of hydrogen-bond acceptors (Lipinski definition) is 4. The highest BCUT2D eigenvalue weighted by Crippen LogP contribution is 2.27. The van der Waals surface area contributed by atoms with E-state index in [1.807, 2.05) is 6.92 Å². The molecule has 2 rings (SSSR count). The first-order valence-corrected chi connectivity index (χ1v) is 8.78. The molecule has 0 radical (unpaired) electrons. The van der Waals surface area contributed by atoms with Gasteiger partial charge in [0.2, 0.25) is 10.0 Å². The summed E-state index contributed by atoms with van der Waals surface area (Å²) < 4.78 is 32.9. The second kappa shape index (κ2) is 6.34. The van der Waals surface area contributed by atoms with Crippen LogP contribution in [0.25, 0.3) is 0 Å². The Morgan fingerprint density at radius 3 is 2.43 bits per heavy atom. The van der Waals surface area contributed by atoms with Crippen molar-refractivity contribution in [1.29, 1.82) is 0 Å². The third-order valence-electron chi connectivity index (χ3n) is 3.86. The number of likely N-dealkylation sites (N-methyl/N-ethyl adjacent to an activating group) is 1. The highest BCUT2D eigenvalue weighted by Gasteiger charge is 2.30. The molecule has 118 valence electrons. The quantitative estimate of drug-likeness (QED) is 0.845. The number of rotatable bonds is 5. The highest BCUT2D eigenvalue weighted by molar-refractivity contribution is 7.89. The fraction of sp³-hybridized carbons (Fsp3) is 0.600. The number of anilines is 1. The van der Waals surface area contributed by atoms with Crippen LogP contribution >= 0.6 is 0 Å². The predicted octanol–water partition coefficient (Wildman–Crippen LogP) is 2.08. The van der Waals surface area contributed by atoms with Gasteiger partial charge in [0.25, 0.3) is 0 Å². The molecule has 0 saturated carbocycles. The van der Waals surface area contributed by atoms with Crippen molar-refractivity contribution in [3.63, 3.8) is 0 Å². The first-order chi connectivity index (χ1) is 9.86. The maximum atomic E-state index is 12.9. The zero-order valence-corrected chi connectivity index (χ0v) is 13.7. The molecule has 1 aliphatic rings. The second-order valence-corrected chi connectivity index (χ2v) is 7.45. The Bertz CT molecular complexity index is 584. The van der Waals surface area contributed by atoms with E-state index in [4.69, 9.17) is 10.5 Å². The molecule has 0 spiro atoms. The minimum Gasteiger partial charge on any atom is -0.399 e. The third-order valence-corrected chi connectivity index (χ3v) is 6.11. The predicted molar refractivity (Wildman–Crippen MR) is 83.7 cm³/mol. The lowest BCUT2D eigenvalue weighted by Crippen LogP contribution is -2.37. The van der Waals surface area contributed by atoms with Crippen molar-refractivity contribution < 1.29 is 13.2 Å². The molecule has 1 aliphatic heterocycles. The van der Waals surface area contributed by atoms with E-state index in [1.165, 1.54) is 4.31 Å². The Kier molecular flexibility index (Phi) is 4.91. The van der Waals surface area contributed by atoms with Crippen molar-refractivity contribution in [3.05, 3.63) is 23.3 Å². The lowest BCUT2D eigenvalue weighted by molar-refractivity contribution is 0.0946. The summed E-state index contributed by atoms with van der Waals surface area (Å²) in [6, 6.07) is 3.42. The number of ether oxygens (including phenoxy) is 1. The largest absolute Gasteiger partial charge is 0.399 e. The first kappa shape index (κ1) is 16.3. The molecule has 1 aromatic carbocycles. The SMILES string of the molecule is CCN(CC1CCCO1)S(=O)(=O)c1c(C)cc(N)cc1C. The van der Waals surface area contributed by atoms with Crippen LogP contribution in [0.15, 0.2) is 17.0 Å². The number of hydrogen-bond donors (Lipinski definition) is 1. The van der Waals surface area contributed by atoms with Crippen LogP contribution < -0.4 is 5.73 Å². The molecule has 0 aliphatic carbocycles. The summed E-state index contributed by atoms with van der Waals surface area (Å²) in [5.41, 5.74) is 7.76. The monoisotopic (exact) mass is 312 g/mol. The van der Waals surface area contributed by atoms with E-state index in [9.17, 15) is 8.42 Å². The van der Waals surface area contributed by atoms with Gasteiger partial charge in [0, 0.05) is 25.4 Å². The van der Waals surface area contributed by atoms with Gasteiger partial charge in [-0.2, -0.15) is 4.31 Å². The molecule has 0 aromatic heterocycles. The molecule has 1 aromatic rings. The molecule has 0 amide bonds. The van der Waals surface area contributed by atoms with Crippen molar-refractivity contribution in [3.8, 4) is 0 Å². The summed E-state index contributed by atoms with van der Waals surface area (Å²) in [6.07, 6.45) is 1.93. The van der Waals surface area contributed by atoms with E-state index in [-0.39, 0.29) is 6.10 Å². The van der Waals surface area contributed by atoms with E-state index in [0.29, 0.717) is 34.8 Å². The van der Waals surface area contributed by atoms with Crippen molar-refractivity contribution in [2.24, 2.45) is 0 Å². The van der Waals surface area contributed by atoms with Crippen LogP contribution in [-0.2, 0) is 14.8 Å². The molecule has 0 bridgehead atoms. The van der Waals surface area contributed by atoms with E-state index in [1.54, 1.807) is 26.0 Å². The highest BCUT2D eigenvalue weighted by atomic mass is 32.2. The average molecular weight is 312 g/mol. The summed E-state index contributed by atoms with van der Waals surface area (Å²) in [6.45, 7) is 7.01. The second-order valence-electron chi connectivity index (χ2n) is 5.57. The van der Waals surface area contributed by atoms with Crippen LogP contribution in [0.4, 0.5) is 5.69 Å². The Balaban J connectivity index is 2.35. The van der Waals surface area contributed by atoms with Gasteiger partial charge in [-0.3, -0.25) is 0 Å². The molecule has 1 unspecified atom stereocenters. The van der Waals surface area contributed by atoms with Crippen LogP contribution in [0, 0.1) is 13.8 Å². The zero-order chi connectivity index (χ0) is 15.6. The van der Waals surface area contributed by atoms with Gasteiger partial charge in [-0.15, -0.1) is 0 Å². The number of aryl methyl sites for hydroxylation is 2. The molecule has 5 nitrogen and oxygen atoms in total. The Morgan fingerprint density at radius 2 is 1.95 bits per heavy atom. The van der Waals surface area contributed by atoms with Gasteiger partial charge in [0.05, 0.1) is 11.0 Å². The van der Waals surface area contributed by atoms with Gasteiger partial charge >= 0.3 is 0 Å². The minimum absolute atomic E-state index is 0.00844. The van der Waals surface area contributed by atoms with Crippen LogP contribution in [0.2, 0.25) is 0 Å². The maximum absolute atomic E-state index is 12.9. The average Bonchev–Trinajstić information content (AvgIpc) is 2.86. The Morgan fingerprint density at radius 1 is 1.33 bits per heavy atom. The molecule has 6 heteroatoms. The number of nitrogen functional groups attached to an aromatic ring is 1. The van der Waals surface area contributed by atoms with Gasteiger partial charge in [0.1, 0.15) is 0 Å². The lowest BCUT2D eigenvalue weighted by Gasteiger charge is -2.25. The minimum atomic E-state index is -3.52. The van der Waals surface area contributed by atoms with E-state index in [2.05, 4.69) is 0 Å². The summed E-state index contributed by atoms with van der Waals surface area (Å²) in [4.78, 5) is 0.372. The van der Waals surface area contributed by atoms with E-state index in [0.717, 1.165) is 19.4 Å². The van der Waals surface area contributed by atoms with Gasteiger partial charge in [-0.05, 0) is 49.9 Å². The fourth-order valence-electron chi connectivity index (χ4n) is 2.93. The maximum Gasteiger partial charge on any atom is 0.243 e. The zero-order valence-electron chi connectivity index (χ0n) is 12.9. The molecular weight excluding hydrogens is 288 g/mol. The van der Waals surface area contributed by atoms with Crippen molar-refractivity contribution in [1.82, 2.24) is 4.31 Å². The normalized spacial score (nSPS) is 19.3. The molecule has 1 atom stereocenters. The fourth-order valence-corrected chi connectivity index (χ4v) is 4.82. The van der Waals surface area contributed by atoms with Crippen LogP contribution in [0.1, 0.15) is 30.9 Å². The van der Waals surface area contributed by atoms with Crippen LogP contribution in [0.3, 0.4) is 0 Å². The first-order valence-electron chi connectivity index (χ1n) is 7.34. The Hall–Kier alpha value is -1.11. The standard InChI is InChI=1S/C15H24N2O3S/c1-4-17(10-14-6-5-7-20-14)21(18,19)15-11(2)8-13(16)9-12(15)3/h8-9,14H,4-7,10,16H2,1-3H3. The van der Waals surface area contributed by atoms with Crippen molar-refractivity contribution >= 4 is 15.7 Å². The summed E-state index contributed by atoms with van der Waals surface area (Å²) in [5, 5.41) is 0. The summed E-state index contributed by atoms with van der Waals surface area (Å²) in [5.74, 6) is 0. The van der Waals surface area contributed by atoms with Crippen molar-refractivity contribution in [2.75, 3.05) is 25.4 Å². The molecule has 1 heterocycles. The molecule has 2 N–H and O–H groups in total. The molecule has 1 saturated heterocycles. The summed E-state index contributed by atoms with van der Waals surface area (Å²) in [7, 11) is -3.52. The number of nitrogens with two attached hydrogens (primary N) is 1. The van der Waals surface area contributed by atoms with Crippen molar-refractivity contribution in [2.45, 2.75) is 44.6 Å². The van der Waals surface area contributed by atoms with Gasteiger partial charge in [0.15, 0.2) is 0 Å². The molecule has 1 fully saturated rings. The van der Waals surface area contributed by atoms with Gasteiger partial charge in [-0.1, -0.05) is 6.92 Å². The number of benzene rings is 1. The van der Waals surface area contributed by atoms with Crippen LogP contribution in [0.5, 0.6) is 0 Å².